The van der Waals surface area contributed by atoms with Crippen LogP contribution in [0.4, 0.5) is 0 Å². The van der Waals surface area contributed by atoms with Crippen molar-refractivity contribution >= 4 is 70.6 Å². The van der Waals surface area contributed by atoms with Crippen molar-refractivity contribution in [1.82, 2.24) is 0 Å². The highest BCUT2D eigenvalue weighted by molar-refractivity contribution is 8.04. The van der Waals surface area contributed by atoms with E-state index in [-0.39, 0.29) is 0 Å². The Morgan fingerprint density at radius 2 is 0.350 bits per heavy atom. The normalized spacial score (nSPS) is 11.1. The Morgan fingerprint density at radius 3 is 0.567 bits per heavy atom. The Labute approximate surface area is 379 Å². The van der Waals surface area contributed by atoms with E-state index in [0.29, 0.717) is 0 Å². The van der Waals surface area contributed by atoms with Gasteiger partial charge in [0.05, 0.1) is 0 Å². The molecule has 9 aromatic carbocycles. The number of hydrogen-bond acceptors (Lipinski definition) is 6. The first-order valence-electron chi connectivity index (χ1n) is 19.6. The van der Waals surface area contributed by atoms with E-state index < -0.39 is 0 Å². The molecule has 290 valence electrons. The van der Waals surface area contributed by atoms with Crippen LogP contribution in [0.2, 0.25) is 0 Å². The van der Waals surface area contributed by atoms with E-state index in [1.807, 2.05) is 47.0 Å². The standard InChI is InChI=1S/C54H38S6/c1-7-19-41(20-8-1)55-47-35-31-39(32-36-47)49-51(57-43-23-11-3-12-24-43)53(59-45-27-15-5-16-28-45)50(40-33-37-48(38-34-40)56-42-21-9-2-10-22-42)54(60-46-29-17-6-18-30-46)52(49)58-44-25-13-4-14-26-44/h1-38H. The zero-order valence-electron chi connectivity index (χ0n) is 32.4. The van der Waals surface area contributed by atoms with Gasteiger partial charge in [-0.25, -0.2) is 0 Å². The average Bonchev–Trinajstić information content (AvgIpc) is 3.31. The van der Waals surface area contributed by atoms with Crippen molar-refractivity contribution in [1.29, 1.82) is 0 Å². The fraction of sp³-hybridized carbons (Fsp3) is 0. The van der Waals surface area contributed by atoms with Crippen LogP contribution in [-0.4, -0.2) is 0 Å². The Hall–Kier alpha value is -4.92. The van der Waals surface area contributed by atoms with Gasteiger partial charge in [0.25, 0.3) is 0 Å². The highest BCUT2D eigenvalue weighted by atomic mass is 32.2. The number of hydrogen-bond donors (Lipinski definition) is 0. The molecule has 0 aliphatic carbocycles. The minimum atomic E-state index is 1.19. The second kappa shape index (κ2) is 20.1. The lowest BCUT2D eigenvalue weighted by Gasteiger charge is -2.26. The lowest BCUT2D eigenvalue weighted by atomic mass is 9.99. The molecule has 9 aromatic rings. The topological polar surface area (TPSA) is 0 Å². The van der Waals surface area contributed by atoms with Crippen LogP contribution < -0.4 is 0 Å². The molecule has 0 radical (unpaired) electrons. The van der Waals surface area contributed by atoms with Crippen LogP contribution >= 0.6 is 70.6 Å². The van der Waals surface area contributed by atoms with Gasteiger partial charge in [0.2, 0.25) is 0 Å². The summed E-state index contributed by atoms with van der Waals surface area (Å²) in [7, 11) is 0. The third-order valence-electron chi connectivity index (χ3n) is 9.42. The summed E-state index contributed by atoms with van der Waals surface area (Å²) in [5.74, 6) is 0. The molecule has 0 heterocycles. The summed E-state index contributed by atoms with van der Waals surface area (Å²) in [6, 6.07) is 83.1. The summed E-state index contributed by atoms with van der Waals surface area (Å²) in [6.45, 7) is 0. The molecular weight excluding hydrogens is 841 g/mol. The molecule has 0 amide bonds. The van der Waals surface area contributed by atoms with Gasteiger partial charge in [0, 0.05) is 69.9 Å². The van der Waals surface area contributed by atoms with Gasteiger partial charge in [-0.2, -0.15) is 0 Å². The maximum absolute atomic E-state index is 2.33. The molecule has 60 heavy (non-hydrogen) atoms. The van der Waals surface area contributed by atoms with Gasteiger partial charge in [-0.3, -0.25) is 0 Å². The smallest absolute Gasteiger partial charge is 0.0358 e. The lowest BCUT2D eigenvalue weighted by molar-refractivity contribution is 1.10. The molecule has 0 atom stereocenters. The minimum Gasteiger partial charge on any atom is -0.0901 e. The largest absolute Gasteiger partial charge is 0.0901 e. The lowest BCUT2D eigenvalue weighted by Crippen LogP contribution is -1.99. The summed E-state index contributed by atoms with van der Waals surface area (Å²) in [5, 5.41) is 0. The molecule has 0 aliphatic rings. The van der Waals surface area contributed by atoms with E-state index in [9.17, 15) is 0 Å². The zero-order valence-corrected chi connectivity index (χ0v) is 37.3. The SMILES string of the molecule is c1ccc(Sc2ccc(-c3c(Sc4ccccc4)c(Sc4ccccc4)c(-c4ccc(Sc5ccccc5)cc4)c(Sc4ccccc4)c3Sc3ccccc3)cc2)cc1. The highest BCUT2D eigenvalue weighted by Crippen LogP contribution is 2.58. The summed E-state index contributed by atoms with van der Waals surface area (Å²) >= 11 is 11.0. The molecule has 0 saturated carbocycles. The molecular formula is C54H38S6. The third-order valence-corrected chi connectivity index (χ3v) is 16.2. The maximum atomic E-state index is 2.33. The van der Waals surface area contributed by atoms with Crippen molar-refractivity contribution in [2.45, 2.75) is 58.7 Å². The molecule has 0 bridgehead atoms. The fourth-order valence-electron chi connectivity index (χ4n) is 6.63. The number of benzene rings is 9. The van der Waals surface area contributed by atoms with E-state index >= 15 is 0 Å². The second-order valence-electron chi connectivity index (χ2n) is 13.6. The average molecular weight is 879 g/mol. The van der Waals surface area contributed by atoms with Crippen molar-refractivity contribution < 1.29 is 0 Å². The summed E-state index contributed by atoms with van der Waals surface area (Å²) in [6.07, 6.45) is 0. The molecule has 0 aromatic heterocycles. The van der Waals surface area contributed by atoms with Gasteiger partial charge in [0.15, 0.2) is 0 Å². The quantitative estimate of drug-likeness (QED) is 0.106. The number of rotatable bonds is 14. The molecule has 6 heteroatoms. The van der Waals surface area contributed by atoms with Crippen LogP contribution in [0, 0.1) is 0 Å². The van der Waals surface area contributed by atoms with Gasteiger partial charge in [-0.1, -0.05) is 204 Å². The molecule has 0 spiro atoms. The Bertz CT molecular complexity index is 2440. The molecule has 0 aliphatic heterocycles. The van der Waals surface area contributed by atoms with Crippen LogP contribution in [0.5, 0.6) is 0 Å². The maximum Gasteiger partial charge on any atom is 0.0358 e. The van der Waals surface area contributed by atoms with Crippen LogP contribution in [0.1, 0.15) is 0 Å². The third kappa shape index (κ3) is 10.2. The van der Waals surface area contributed by atoms with Gasteiger partial charge in [-0.05, 0) is 108 Å². The summed E-state index contributed by atoms with van der Waals surface area (Å²) in [4.78, 5) is 14.6. The molecule has 0 saturated heterocycles. The van der Waals surface area contributed by atoms with Crippen molar-refractivity contribution in [3.05, 3.63) is 231 Å². The highest BCUT2D eigenvalue weighted by Gasteiger charge is 2.29. The first kappa shape index (κ1) is 40.5. The van der Waals surface area contributed by atoms with Crippen molar-refractivity contribution in [3.8, 4) is 22.3 Å². The van der Waals surface area contributed by atoms with Gasteiger partial charge >= 0.3 is 0 Å². The van der Waals surface area contributed by atoms with E-state index in [4.69, 9.17) is 0 Å². The van der Waals surface area contributed by atoms with E-state index in [1.54, 1.807) is 23.5 Å². The first-order chi connectivity index (χ1) is 29.7. The van der Waals surface area contributed by atoms with Crippen molar-refractivity contribution in [2.24, 2.45) is 0 Å². The summed E-state index contributed by atoms with van der Waals surface area (Å²) < 4.78 is 0. The minimum absolute atomic E-state index is 1.19. The van der Waals surface area contributed by atoms with Crippen LogP contribution in [-0.2, 0) is 0 Å². The van der Waals surface area contributed by atoms with Crippen LogP contribution in [0.3, 0.4) is 0 Å². The molecule has 0 nitrogen and oxygen atoms in total. The van der Waals surface area contributed by atoms with E-state index in [0.717, 1.165) is 0 Å². The van der Waals surface area contributed by atoms with Crippen LogP contribution in [0.25, 0.3) is 22.3 Å². The van der Waals surface area contributed by atoms with Gasteiger partial charge < -0.3 is 0 Å². The molecule has 0 fully saturated rings. The molecule has 0 N–H and O–H groups in total. The molecule has 9 rings (SSSR count). The van der Waals surface area contributed by atoms with E-state index in [1.165, 1.54) is 81.0 Å². The zero-order chi connectivity index (χ0) is 40.4. The van der Waals surface area contributed by atoms with Gasteiger partial charge in [-0.15, -0.1) is 0 Å². The monoisotopic (exact) mass is 878 g/mol. The molecule has 0 unspecified atom stereocenters. The van der Waals surface area contributed by atoms with Crippen LogP contribution in [0.15, 0.2) is 289 Å². The Morgan fingerprint density at radius 1 is 0.167 bits per heavy atom. The Balaban J connectivity index is 1.33. The fourth-order valence-corrected chi connectivity index (χ4v) is 13.1. The van der Waals surface area contributed by atoms with Crippen molar-refractivity contribution in [2.75, 3.05) is 0 Å². The first-order valence-corrected chi connectivity index (χ1v) is 24.5. The predicted molar refractivity (Wildman–Crippen MR) is 261 cm³/mol. The van der Waals surface area contributed by atoms with Gasteiger partial charge in [0.1, 0.15) is 0 Å². The van der Waals surface area contributed by atoms with Crippen molar-refractivity contribution in [3.63, 3.8) is 0 Å². The predicted octanol–water partition coefficient (Wildman–Crippen LogP) is 17.9. The Kier molecular flexibility index (Phi) is 13.6. The van der Waals surface area contributed by atoms with E-state index in [2.05, 4.69) is 231 Å². The summed E-state index contributed by atoms with van der Waals surface area (Å²) in [5.41, 5.74) is 4.86. The second-order valence-corrected chi connectivity index (χ2v) is 20.2.